The summed E-state index contributed by atoms with van der Waals surface area (Å²) in [7, 11) is 0. The van der Waals surface area contributed by atoms with Gasteiger partial charge in [0, 0.05) is 5.69 Å². The highest BCUT2D eigenvalue weighted by Gasteiger charge is 2.08. The van der Waals surface area contributed by atoms with Crippen LogP contribution in [0.3, 0.4) is 0 Å². The Morgan fingerprint density at radius 2 is 1.88 bits per heavy atom. The zero-order valence-corrected chi connectivity index (χ0v) is 10.8. The van der Waals surface area contributed by atoms with Crippen LogP contribution in [0.25, 0.3) is 0 Å². The first kappa shape index (κ1) is 12.6. The molecule has 0 bridgehead atoms. The van der Waals surface area contributed by atoms with Crippen LogP contribution in [0.15, 0.2) is 23.2 Å². The molecule has 3 heteroatoms. The third kappa shape index (κ3) is 3.93. The second-order valence-electron chi connectivity index (χ2n) is 5.11. The molecule has 0 heterocycles. The van der Waals surface area contributed by atoms with Gasteiger partial charge in [0.15, 0.2) is 5.96 Å². The number of guanidine groups is 1. The molecule has 16 heavy (non-hydrogen) atoms. The molecule has 0 radical (unpaired) electrons. The fraction of sp³-hybridized carbons (Fsp3) is 0.462. The highest BCUT2D eigenvalue weighted by atomic mass is 15.1. The molecule has 0 amide bonds. The zero-order valence-electron chi connectivity index (χ0n) is 10.8. The lowest BCUT2D eigenvalue weighted by molar-refractivity contribution is 0.583. The van der Waals surface area contributed by atoms with E-state index < -0.39 is 0 Å². The highest BCUT2D eigenvalue weighted by molar-refractivity contribution is 5.93. The third-order valence-electron chi connectivity index (χ3n) is 2.11. The Kier molecular flexibility index (Phi) is 3.58. The van der Waals surface area contributed by atoms with Crippen molar-refractivity contribution in [2.75, 3.05) is 5.32 Å². The van der Waals surface area contributed by atoms with E-state index in [9.17, 15) is 0 Å². The van der Waals surface area contributed by atoms with Crippen molar-refractivity contribution in [1.82, 2.24) is 0 Å². The molecule has 0 atom stereocenters. The number of anilines is 1. The summed E-state index contributed by atoms with van der Waals surface area (Å²) in [6.45, 7) is 10.2. The van der Waals surface area contributed by atoms with Crippen LogP contribution >= 0.6 is 0 Å². The number of nitrogens with one attached hydrogen (secondary N) is 1. The minimum absolute atomic E-state index is 0.158. The van der Waals surface area contributed by atoms with Gasteiger partial charge in [-0.25, -0.2) is 4.99 Å². The summed E-state index contributed by atoms with van der Waals surface area (Å²) in [5.74, 6) is 0.459. The SMILES string of the molecule is Cc1ccc(C)c(NC(N)=NC(C)(C)C)c1. The van der Waals surface area contributed by atoms with Crippen LogP contribution in [0.5, 0.6) is 0 Å². The minimum atomic E-state index is -0.158. The van der Waals surface area contributed by atoms with E-state index in [2.05, 4.69) is 35.4 Å². The van der Waals surface area contributed by atoms with Gasteiger partial charge in [0.2, 0.25) is 0 Å². The number of rotatable bonds is 1. The van der Waals surface area contributed by atoms with Gasteiger partial charge in [-0.1, -0.05) is 12.1 Å². The molecule has 0 spiro atoms. The molecule has 1 rings (SSSR count). The van der Waals surface area contributed by atoms with E-state index in [-0.39, 0.29) is 5.54 Å². The lowest BCUT2D eigenvalue weighted by atomic mass is 10.1. The van der Waals surface area contributed by atoms with E-state index in [1.807, 2.05) is 27.7 Å². The van der Waals surface area contributed by atoms with Gasteiger partial charge in [0.25, 0.3) is 0 Å². The lowest BCUT2D eigenvalue weighted by Gasteiger charge is -2.15. The quantitative estimate of drug-likeness (QED) is 0.563. The number of aryl methyl sites for hydroxylation is 2. The average molecular weight is 219 g/mol. The molecule has 0 unspecified atom stereocenters. The Hall–Kier alpha value is -1.51. The molecule has 0 aliphatic heterocycles. The molecule has 1 aromatic rings. The van der Waals surface area contributed by atoms with Crippen LogP contribution in [0.4, 0.5) is 5.69 Å². The number of aliphatic imine (C=N–C) groups is 1. The van der Waals surface area contributed by atoms with Crippen molar-refractivity contribution in [2.45, 2.75) is 40.2 Å². The van der Waals surface area contributed by atoms with Crippen molar-refractivity contribution in [2.24, 2.45) is 10.7 Å². The summed E-state index contributed by atoms with van der Waals surface area (Å²) in [6.07, 6.45) is 0. The third-order valence-corrected chi connectivity index (χ3v) is 2.11. The van der Waals surface area contributed by atoms with Crippen LogP contribution in [0.2, 0.25) is 0 Å². The second-order valence-corrected chi connectivity index (χ2v) is 5.11. The monoisotopic (exact) mass is 219 g/mol. The van der Waals surface area contributed by atoms with Crippen LogP contribution in [0.1, 0.15) is 31.9 Å². The van der Waals surface area contributed by atoms with Gasteiger partial charge < -0.3 is 11.1 Å². The van der Waals surface area contributed by atoms with Crippen LogP contribution in [0, 0.1) is 13.8 Å². The number of hydrogen-bond acceptors (Lipinski definition) is 1. The van der Waals surface area contributed by atoms with Crippen molar-refractivity contribution in [3.05, 3.63) is 29.3 Å². The molecule has 0 aliphatic rings. The highest BCUT2D eigenvalue weighted by Crippen LogP contribution is 2.16. The minimum Gasteiger partial charge on any atom is -0.370 e. The Bertz CT molecular complexity index is 400. The van der Waals surface area contributed by atoms with Gasteiger partial charge in [-0.15, -0.1) is 0 Å². The van der Waals surface area contributed by atoms with Gasteiger partial charge in [-0.3, -0.25) is 0 Å². The van der Waals surface area contributed by atoms with Gasteiger partial charge in [-0.2, -0.15) is 0 Å². The molecule has 3 N–H and O–H groups in total. The van der Waals surface area contributed by atoms with Crippen molar-refractivity contribution >= 4 is 11.6 Å². The summed E-state index contributed by atoms with van der Waals surface area (Å²) in [6, 6.07) is 6.22. The first-order valence-electron chi connectivity index (χ1n) is 5.47. The number of benzene rings is 1. The summed E-state index contributed by atoms with van der Waals surface area (Å²) < 4.78 is 0. The number of nitrogens with zero attached hydrogens (tertiary/aromatic N) is 1. The Morgan fingerprint density at radius 1 is 1.25 bits per heavy atom. The predicted octanol–water partition coefficient (Wildman–Crippen LogP) is 2.83. The molecule has 0 fully saturated rings. The maximum absolute atomic E-state index is 5.85. The Labute approximate surface area is 97.8 Å². The summed E-state index contributed by atoms with van der Waals surface area (Å²) in [5, 5.41) is 3.14. The Morgan fingerprint density at radius 3 is 2.44 bits per heavy atom. The Balaban J connectivity index is 2.89. The summed E-state index contributed by atoms with van der Waals surface area (Å²) >= 11 is 0. The van der Waals surface area contributed by atoms with Crippen LogP contribution in [-0.2, 0) is 0 Å². The van der Waals surface area contributed by atoms with Crippen molar-refractivity contribution in [3.63, 3.8) is 0 Å². The van der Waals surface area contributed by atoms with Gasteiger partial charge >= 0.3 is 0 Å². The van der Waals surface area contributed by atoms with Crippen molar-refractivity contribution < 1.29 is 0 Å². The first-order chi connectivity index (χ1) is 7.28. The van der Waals surface area contributed by atoms with E-state index in [0.717, 1.165) is 11.3 Å². The fourth-order valence-corrected chi connectivity index (χ4v) is 1.40. The zero-order chi connectivity index (χ0) is 12.3. The topological polar surface area (TPSA) is 50.4 Å². The maximum atomic E-state index is 5.85. The van der Waals surface area contributed by atoms with E-state index in [4.69, 9.17) is 5.73 Å². The smallest absolute Gasteiger partial charge is 0.193 e. The largest absolute Gasteiger partial charge is 0.370 e. The van der Waals surface area contributed by atoms with E-state index >= 15 is 0 Å². The molecule has 0 saturated carbocycles. The maximum Gasteiger partial charge on any atom is 0.193 e. The lowest BCUT2D eigenvalue weighted by Crippen LogP contribution is -2.27. The molecular formula is C13H21N3. The van der Waals surface area contributed by atoms with Crippen molar-refractivity contribution in [3.8, 4) is 0 Å². The average Bonchev–Trinajstić information content (AvgIpc) is 2.08. The first-order valence-corrected chi connectivity index (χ1v) is 5.47. The normalized spacial score (nSPS) is 12.7. The number of nitrogens with two attached hydrogens (primary N) is 1. The number of hydrogen-bond donors (Lipinski definition) is 2. The summed E-state index contributed by atoms with van der Waals surface area (Å²) in [5.41, 5.74) is 9.08. The van der Waals surface area contributed by atoms with Gasteiger partial charge in [0.05, 0.1) is 5.54 Å². The molecular weight excluding hydrogens is 198 g/mol. The fourth-order valence-electron chi connectivity index (χ4n) is 1.40. The molecule has 0 saturated heterocycles. The summed E-state index contributed by atoms with van der Waals surface area (Å²) in [4.78, 5) is 4.36. The van der Waals surface area contributed by atoms with Crippen LogP contribution < -0.4 is 11.1 Å². The van der Waals surface area contributed by atoms with E-state index in [1.54, 1.807) is 0 Å². The van der Waals surface area contributed by atoms with Crippen LogP contribution in [-0.4, -0.2) is 11.5 Å². The molecule has 0 aromatic heterocycles. The molecule has 3 nitrogen and oxygen atoms in total. The second kappa shape index (κ2) is 4.56. The van der Waals surface area contributed by atoms with Gasteiger partial charge in [-0.05, 0) is 51.8 Å². The standard InChI is InChI=1S/C13H21N3/c1-9-6-7-10(2)11(8-9)15-12(14)16-13(3,4)5/h6-8H,1-5H3,(H3,14,15,16). The predicted molar refractivity (Wildman–Crippen MR) is 70.9 cm³/mol. The molecule has 0 aliphatic carbocycles. The molecule has 88 valence electrons. The molecule has 1 aromatic carbocycles. The van der Waals surface area contributed by atoms with E-state index in [0.29, 0.717) is 5.96 Å². The van der Waals surface area contributed by atoms with Gasteiger partial charge in [0.1, 0.15) is 0 Å². The van der Waals surface area contributed by atoms with Crippen molar-refractivity contribution in [1.29, 1.82) is 0 Å². The van der Waals surface area contributed by atoms with E-state index in [1.165, 1.54) is 5.56 Å².